The number of aromatic nitrogens is 4. The van der Waals surface area contributed by atoms with Crippen LogP contribution in [0, 0.1) is 29.1 Å². The van der Waals surface area contributed by atoms with Gasteiger partial charge in [0.15, 0.2) is 22.8 Å². The van der Waals surface area contributed by atoms with Gasteiger partial charge in [0.05, 0.1) is 19.5 Å². The minimum Gasteiger partial charge on any atom is -0.756 e. The number of fused-ring (bicyclic) bond motifs is 1. The van der Waals surface area contributed by atoms with E-state index in [4.69, 9.17) is 10.5 Å². The van der Waals surface area contributed by atoms with E-state index in [2.05, 4.69) is 78.1 Å². The first kappa shape index (κ1) is 69.4. The van der Waals surface area contributed by atoms with Gasteiger partial charge in [0.2, 0.25) is 11.8 Å². The van der Waals surface area contributed by atoms with Gasteiger partial charge in [-0.2, -0.15) is 0 Å². The molecule has 0 aliphatic carbocycles. The van der Waals surface area contributed by atoms with Crippen LogP contribution in [0.4, 0.5) is 5.82 Å². The van der Waals surface area contributed by atoms with Crippen molar-refractivity contribution in [2.75, 3.05) is 37.8 Å². The maximum absolute atomic E-state index is 12.7. The van der Waals surface area contributed by atoms with Crippen LogP contribution in [0.5, 0.6) is 0 Å². The maximum atomic E-state index is 12.7. The lowest BCUT2D eigenvalue weighted by molar-refractivity contribution is -0.247. The lowest BCUT2D eigenvalue weighted by Crippen LogP contribution is -2.46. The van der Waals surface area contributed by atoms with Crippen LogP contribution in [-0.4, -0.2) is 108 Å². The highest BCUT2D eigenvalue weighted by Crippen LogP contribution is 2.56. The molecule has 7 unspecified atom stereocenters. The molecule has 420 valence electrons. The molecule has 31 heteroatoms. The lowest BCUT2D eigenvalue weighted by Gasteiger charge is -2.35. The number of nitrogens with zero attached hydrogens (tertiary/aromatic N) is 4. The second-order valence-electron chi connectivity index (χ2n) is 18.9. The molecular formula is C41H83N10O17P3S. The Bertz CT molecular complexity index is 2110. The number of aliphatic hydroxyl groups excluding tert-OH is 2. The SMILES string of the molecule is CC(C)CCCC(C)CCCC(C)CCCC(C)CC(=O)SCCNC(=O)CCNC(=O)[C@H](O)C(C)(C)COP(=O)([O-])OP(=O)([O-])OC[C@H]1O[C@@H](n2cnc3c(N)ncnc32)C(O)[C@H]1OP(=O)([O-])O.[NH4+].[NH4+].[NH4+]. The van der Waals surface area contributed by atoms with Crippen molar-refractivity contribution >= 4 is 69.1 Å². The van der Waals surface area contributed by atoms with Crippen molar-refractivity contribution in [2.24, 2.45) is 29.1 Å². The van der Waals surface area contributed by atoms with E-state index in [0.717, 1.165) is 60.1 Å². The van der Waals surface area contributed by atoms with Gasteiger partial charge < -0.3 is 82.9 Å². The fourth-order valence-electron chi connectivity index (χ4n) is 7.52. The molecule has 72 heavy (non-hydrogen) atoms. The van der Waals surface area contributed by atoms with Crippen molar-refractivity contribution in [3.05, 3.63) is 12.7 Å². The van der Waals surface area contributed by atoms with Crippen LogP contribution in [-0.2, 0) is 50.7 Å². The van der Waals surface area contributed by atoms with Gasteiger partial charge in [-0.25, -0.2) is 19.3 Å². The number of amides is 2. The highest BCUT2D eigenvalue weighted by atomic mass is 32.2. The number of carbonyl (C=O) groups excluding carboxylic acids is 3. The zero-order valence-corrected chi connectivity index (χ0v) is 46.8. The molecule has 3 rings (SSSR count). The number of hydrogen-bond donors (Lipinski definition) is 9. The molecule has 2 aromatic rings. The quantitative estimate of drug-likeness (QED) is 0.0354. The molecule has 0 saturated carbocycles. The summed E-state index contributed by atoms with van der Waals surface area (Å²) in [6.07, 6.45) is 4.00. The summed E-state index contributed by atoms with van der Waals surface area (Å²) in [5, 5.41) is 26.6. The van der Waals surface area contributed by atoms with Crippen molar-refractivity contribution in [2.45, 2.75) is 150 Å². The molecule has 0 spiro atoms. The van der Waals surface area contributed by atoms with E-state index in [1.807, 2.05) is 0 Å². The second-order valence-corrected chi connectivity index (χ2v) is 24.2. The summed E-state index contributed by atoms with van der Waals surface area (Å²) in [6, 6.07) is 0. The third kappa shape index (κ3) is 24.9. The number of phosphoric acid groups is 3. The zero-order valence-electron chi connectivity index (χ0n) is 43.3. The number of phosphoric ester groups is 3. The Hall–Kier alpha value is -2.56. The summed E-state index contributed by atoms with van der Waals surface area (Å²) in [6.45, 7) is 11.5. The summed E-state index contributed by atoms with van der Waals surface area (Å²) in [7, 11) is -17.3. The molecule has 3 heterocycles. The number of nitrogens with one attached hydrogen (secondary N) is 2. The highest BCUT2D eigenvalue weighted by Gasteiger charge is 2.48. The Morgan fingerprint density at radius 3 is 2.03 bits per heavy atom. The summed E-state index contributed by atoms with van der Waals surface area (Å²) in [4.78, 5) is 95.4. The van der Waals surface area contributed by atoms with Crippen LogP contribution in [0.25, 0.3) is 11.2 Å². The first-order chi connectivity index (χ1) is 32.1. The Kier molecular flexibility index (Phi) is 31.0. The van der Waals surface area contributed by atoms with Gasteiger partial charge in [-0.15, -0.1) is 0 Å². The van der Waals surface area contributed by atoms with Gasteiger partial charge in [-0.05, 0) is 23.7 Å². The van der Waals surface area contributed by atoms with Gasteiger partial charge in [-0.3, -0.25) is 32.6 Å². The molecule has 27 nitrogen and oxygen atoms in total. The van der Waals surface area contributed by atoms with Crippen molar-refractivity contribution in [3.8, 4) is 0 Å². The van der Waals surface area contributed by atoms with Crippen molar-refractivity contribution in [1.82, 2.24) is 48.6 Å². The van der Waals surface area contributed by atoms with Crippen LogP contribution in [0.3, 0.4) is 0 Å². The second kappa shape index (κ2) is 32.1. The van der Waals surface area contributed by atoms with Crippen LogP contribution in [0.1, 0.15) is 125 Å². The number of thioether (sulfide) groups is 1. The molecule has 19 N–H and O–H groups in total. The molecule has 2 amide bonds. The molecule has 1 saturated heterocycles. The number of hydrogen-bond acceptors (Lipinski definition) is 21. The number of ether oxygens (including phenoxy) is 1. The van der Waals surface area contributed by atoms with Gasteiger partial charge in [-0.1, -0.05) is 118 Å². The summed E-state index contributed by atoms with van der Waals surface area (Å²) in [5.41, 5.74) is 4.14. The monoisotopic (exact) mass is 1110 g/mol. The third-order valence-electron chi connectivity index (χ3n) is 11.5. The first-order valence-corrected chi connectivity index (χ1v) is 28.5. The zero-order chi connectivity index (χ0) is 51.7. The Morgan fingerprint density at radius 2 is 1.44 bits per heavy atom. The largest absolute Gasteiger partial charge is 0.756 e. The molecular weight excluding hydrogens is 1030 g/mol. The molecule has 0 aromatic carbocycles. The topological polar surface area (TPSA) is 482 Å². The number of nitrogens with two attached hydrogens (primary N) is 1. The summed E-state index contributed by atoms with van der Waals surface area (Å²) < 4.78 is 61.2. The Morgan fingerprint density at radius 1 is 0.875 bits per heavy atom. The van der Waals surface area contributed by atoms with E-state index >= 15 is 0 Å². The predicted octanol–water partition coefficient (Wildman–Crippen LogP) is 4.36. The number of nitrogen functional groups attached to an aromatic ring is 1. The molecule has 1 aliphatic rings. The minimum atomic E-state index is -5.91. The molecule has 1 fully saturated rings. The van der Waals surface area contributed by atoms with Gasteiger partial charge in [0.25, 0.3) is 23.5 Å². The fourth-order valence-corrected chi connectivity index (χ4v) is 11.1. The first-order valence-electron chi connectivity index (χ1n) is 23.1. The van der Waals surface area contributed by atoms with E-state index in [9.17, 15) is 57.9 Å². The number of quaternary nitrogens is 3. The number of carbonyl (C=O) groups is 3. The van der Waals surface area contributed by atoms with Crippen molar-refractivity contribution < 1.29 is 80.5 Å². The van der Waals surface area contributed by atoms with Gasteiger partial charge in [0.1, 0.15) is 36.3 Å². The number of imidazole rings is 1. The van der Waals surface area contributed by atoms with E-state index in [-0.39, 0.29) is 66.0 Å². The van der Waals surface area contributed by atoms with Crippen LogP contribution >= 0.6 is 35.2 Å². The van der Waals surface area contributed by atoms with Crippen molar-refractivity contribution in [1.29, 1.82) is 0 Å². The average molecular weight is 1110 g/mol. The number of anilines is 1. The normalized spacial score (nSPS) is 21.1. The van der Waals surface area contributed by atoms with Crippen LogP contribution in [0.2, 0.25) is 0 Å². The smallest absolute Gasteiger partial charge is 0.274 e. The van der Waals surface area contributed by atoms with E-state index in [1.54, 1.807) is 0 Å². The standard InChI is InChI=1S/C41H74N7O17P3S.3H3N/c1-26(2)11-8-12-27(3)13-9-14-28(4)15-10-16-29(5)21-32(50)69-20-19-43-31(49)17-18-44-39(53)36(52)41(6,7)23-62-68(59,60)65-67(57,58)61-22-30-35(64-66(54,55)56)34(51)40(63-30)48-25-47-33-37(42)45-24-46-38(33)48;;;/h24-30,34-36,40,51-52H,8-23H2,1-7H3,(H,43,49)(H,44,53)(H,57,58)(H,59,60)(H2,42,45,46)(H2,54,55,56);3*1H3/t27?,28?,29?,30-,34?,35+,36+,40-;;;/m1.../s1. The van der Waals surface area contributed by atoms with E-state index < -0.39 is 84.6 Å². The van der Waals surface area contributed by atoms with E-state index in [0.29, 0.717) is 18.1 Å². The lowest BCUT2D eigenvalue weighted by atomic mass is 9.87. The summed E-state index contributed by atoms with van der Waals surface area (Å²) >= 11 is 1.15. The summed E-state index contributed by atoms with van der Waals surface area (Å²) in [5.74, 6) is 1.35. The maximum Gasteiger partial charge on any atom is 0.274 e. The number of aliphatic hydroxyl groups is 2. The molecule has 11 atom stereocenters. The van der Waals surface area contributed by atoms with Crippen LogP contribution in [0.15, 0.2) is 12.7 Å². The van der Waals surface area contributed by atoms with Crippen LogP contribution < -0.4 is 49.5 Å². The average Bonchev–Trinajstić information content (AvgIpc) is 3.80. The van der Waals surface area contributed by atoms with Crippen molar-refractivity contribution in [3.63, 3.8) is 0 Å². The molecule has 2 aromatic heterocycles. The minimum absolute atomic E-state index is 0. The highest BCUT2D eigenvalue weighted by molar-refractivity contribution is 8.13. The molecule has 0 bridgehead atoms. The number of rotatable bonds is 33. The molecule has 0 radical (unpaired) electrons. The van der Waals surface area contributed by atoms with Gasteiger partial charge in [0, 0.05) is 37.1 Å². The third-order valence-corrected chi connectivity index (χ3v) is 15.4. The fraction of sp³-hybridized carbons (Fsp3) is 0.805. The van der Waals surface area contributed by atoms with Gasteiger partial charge >= 0.3 is 0 Å². The Balaban J connectivity index is 0.0000168. The molecule has 1 aliphatic heterocycles. The Labute approximate surface area is 426 Å². The predicted molar refractivity (Wildman–Crippen MR) is 267 cm³/mol. The van der Waals surface area contributed by atoms with E-state index in [1.165, 1.54) is 52.4 Å².